The number of aromatic amines is 1. The topological polar surface area (TPSA) is 58.9 Å². The lowest BCUT2D eigenvalue weighted by Gasteiger charge is -2.11. The van der Waals surface area contributed by atoms with Gasteiger partial charge in [-0.15, -0.1) is 0 Å². The molecule has 0 fully saturated rings. The van der Waals surface area contributed by atoms with Crippen LogP contribution in [0.3, 0.4) is 0 Å². The van der Waals surface area contributed by atoms with Gasteiger partial charge in [0.15, 0.2) is 0 Å². The standard InChI is InChI=1S/C7H5F5N2O/c8-6(9)4-3(7(10,11)12)5(15)2(13)1-14-4/h1,6H,13H2,(H,14,15). The first-order valence-corrected chi connectivity index (χ1v) is 3.61. The second kappa shape index (κ2) is 3.52. The number of halogens is 5. The zero-order chi connectivity index (χ0) is 11.8. The highest BCUT2D eigenvalue weighted by atomic mass is 19.4. The maximum Gasteiger partial charge on any atom is 0.422 e. The van der Waals surface area contributed by atoms with Crippen molar-refractivity contribution in [3.63, 3.8) is 0 Å². The van der Waals surface area contributed by atoms with E-state index in [1.807, 2.05) is 0 Å². The number of nitrogens with two attached hydrogens (primary N) is 1. The molecule has 0 aliphatic rings. The summed E-state index contributed by atoms with van der Waals surface area (Å²) >= 11 is 0. The number of H-pyrrole nitrogens is 1. The lowest BCUT2D eigenvalue weighted by atomic mass is 10.1. The highest BCUT2D eigenvalue weighted by Crippen LogP contribution is 2.33. The maximum absolute atomic E-state index is 12.2. The molecule has 0 spiro atoms. The second-order valence-corrected chi connectivity index (χ2v) is 2.66. The molecule has 0 atom stereocenters. The SMILES string of the molecule is Nc1c[nH]c(C(F)F)c(C(F)(F)F)c1=O. The third-order valence-electron chi connectivity index (χ3n) is 1.64. The van der Waals surface area contributed by atoms with Crippen LogP contribution in [0, 0.1) is 0 Å². The largest absolute Gasteiger partial charge is 0.422 e. The highest BCUT2D eigenvalue weighted by Gasteiger charge is 2.39. The Kier molecular flexibility index (Phi) is 2.69. The van der Waals surface area contributed by atoms with Gasteiger partial charge in [-0.1, -0.05) is 0 Å². The fourth-order valence-corrected chi connectivity index (χ4v) is 1.01. The van der Waals surface area contributed by atoms with Crippen molar-refractivity contribution in [1.29, 1.82) is 0 Å². The molecule has 15 heavy (non-hydrogen) atoms. The third-order valence-corrected chi connectivity index (χ3v) is 1.64. The molecule has 84 valence electrons. The quantitative estimate of drug-likeness (QED) is 0.721. The maximum atomic E-state index is 12.2. The number of nitrogen functional groups attached to an aromatic ring is 1. The van der Waals surface area contributed by atoms with Crippen molar-refractivity contribution in [2.24, 2.45) is 0 Å². The second-order valence-electron chi connectivity index (χ2n) is 2.66. The average molecular weight is 228 g/mol. The van der Waals surface area contributed by atoms with Crippen LogP contribution in [0.4, 0.5) is 27.6 Å². The van der Waals surface area contributed by atoms with Crippen LogP contribution < -0.4 is 11.2 Å². The van der Waals surface area contributed by atoms with Gasteiger partial charge in [-0.25, -0.2) is 8.78 Å². The zero-order valence-corrected chi connectivity index (χ0v) is 7.03. The summed E-state index contributed by atoms with van der Waals surface area (Å²) in [5.41, 5.74) is -0.919. The number of hydrogen-bond acceptors (Lipinski definition) is 2. The van der Waals surface area contributed by atoms with E-state index < -0.39 is 35.0 Å². The minimum Gasteiger partial charge on any atom is -0.394 e. The Morgan fingerprint density at radius 2 is 1.87 bits per heavy atom. The van der Waals surface area contributed by atoms with Crippen LogP contribution in [0.25, 0.3) is 0 Å². The summed E-state index contributed by atoms with van der Waals surface area (Å²) in [6.45, 7) is 0. The van der Waals surface area contributed by atoms with Gasteiger partial charge in [0.05, 0.1) is 11.4 Å². The molecule has 0 saturated heterocycles. The van der Waals surface area contributed by atoms with E-state index in [2.05, 4.69) is 0 Å². The van der Waals surface area contributed by atoms with Crippen molar-refractivity contribution < 1.29 is 22.0 Å². The molecule has 3 N–H and O–H groups in total. The molecule has 0 amide bonds. The Labute approximate surface area is 79.7 Å². The first-order valence-electron chi connectivity index (χ1n) is 3.61. The molecule has 0 aliphatic carbocycles. The first kappa shape index (κ1) is 11.5. The van der Waals surface area contributed by atoms with Gasteiger partial charge in [0.25, 0.3) is 6.43 Å². The van der Waals surface area contributed by atoms with Crippen LogP contribution in [0.15, 0.2) is 11.0 Å². The fourth-order valence-electron chi connectivity index (χ4n) is 1.01. The van der Waals surface area contributed by atoms with Gasteiger partial charge < -0.3 is 10.7 Å². The molecule has 0 aliphatic heterocycles. The average Bonchev–Trinajstić information content (AvgIpc) is 2.06. The van der Waals surface area contributed by atoms with E-state index in [9.17, 15) is 26.7 Å². The number of hydrogen-bond donors (Lipinski definition) is 2. The summed E-state index contributed by atoms with van der Waals surface area (Å²) in [6.07, 6.45) is -7.97. The summed E-state index contributed by atoms with van der Waals surface area (Å²) in [7, 11) is 0. The molecular weight excluding hydrogens is 223 g/mol. The van der Waals surface area contributed by atoms with Crippen molar-refractivity contribution in [3.05, 3.63) is 27.7 Å². The predicted octanol–water partition coefficient (Wildman–Crippen LogP) is 1.91. The third kappa shape index (κ3) is 2.08. The lowest BCUT2D eigenvalue weighted by molar-refractivity contribution is -0.140. The van der Waals surface area contributed by atoms with E-state index in [1.54, 1.807) is 4.98 Å². The van der Waals surface area contributed by atoms with Gasteiger partial charge >= 0.3 is 6.18 Å². The van der Waals surface area contributed by atoms with Crippen molar-refractivity contribution in [1.82, 2.24) is 4.98 Å². The van der Waals surface area contributed by atoms with Crippen LogP contribution in [-0.2, 0) is 6.18 Å². The minimum atomic E-state index is -5.16. The van der Waals surface area contributed by atoms with Gasteiger partial charge in [0.2, 0.25) is 5.43 Å². The highest BCUT2D eigenvalue weighted by molar-refractivity contribution is 5.41. The molecule has 0 aromatic carbocycles. The summed E-state index contributed by atoms with van der Waals surface area (Å²) in [6, 6.07) is 0. The molecule has 1 rings (SSSR count). The van der Waals surface area contributed by atoms with Crippen LogP contribution in [0.2, 0.25) is 0 Å². The number of nitrogens with one attached hydrogen (secondary N) is 1. The smallest absolute Gasteiger partial charge is 0.394 e. The van der Waals surface area contributed by atoms with Gasteiger partial charge in [0.1, 0.15) is 5.56 Å². The Morgan fingerprint density at radius 1 is 1.33 bits per heavy atom. The molecule has 1 aromatic heterocycles. The lowest BCUT2D eigenvalue weighted by Crippen LogP contribution is -2.25. The molecule has 0 radical (unpaired) electrons. The van der Waals surface area contributed by atoms with Crippen molar-refractivity contribution in [3.8, 4) is 0 Å². The molecule has 0 saturated carbocycles. The zero-order valence-electron chi connectivity index (χ0n) is 7.03. The van der Waals surface area contributed by atoms with E-state index in [1.165, 1.54) is 0 Å². The molecule has 8 heteroatoms. The number of aromatic nitrogens is 1. The van der Waals surface area contributed by atoms with Gasteiger partial charge in [-0.2, -0.15) is 13.2 Å². The Hall–Kier alpha value is -1.60. The number of rotatable bonds is 1. The van der Waals surface area contributed by atoms with Crippen molar-refractivity contribution in [2.45, 2.75) is 12.6 Å². The van der Waals surface area contributed by atoms with Crippen molar-refractivity contribution in [2.75, 3.05) is 5.73 Å². The number of alkyl halides is 5. The molecule has 0 unspecified atom stereocenters. The van der Waals surface area contributed by atoms with Crippen LogP contribution in [0.1, 0.15) is 17.7 Å². The monoisotopic (exact) mass is 228 g/mol. The van der Waals surface area contributed by atoms with Crippen molar-refractivity contribution >= 4 is 5.69 Å². The first-order chi connectivity index (χ1) is 6.75. The summed E-state index contributed by atoms with van der Waals surface area (Å²) in [5.74, 6) is 0. The molecule has 1 heterocycles. The van der Waals surface area contributed by atoms with E-state index >= 15 is 0 Å². The van der Waals surface area contributed by atoms with Gasteiger partial charge in [0, 0.05) is 6.20 Å². The molecule has 1 aromatic rings. The van der Waals surface area contributed by atoms with E-state index in [-0.39, 0.29) is 0 Å². The normalized spacial score (nSPS) is 12.1. The van der Waals surface area contributed by atoms with E-state index in [0.29, 0.717) is 6.20 Å². The Morgan fingerprint density at radius 3 is 2.27 bits per heavy atom. The minimum absolute atomic E-state index is 0.610. The van der Waals surface area contributed by atoms with Crippen LogP contribution in [0.5, 0.6) is 0 Å². The molecular formula is C7H5F5N2O. The van der Waals surface area contributed by atoms with E-state index in [4.69, 9.17) is 5.73 Å². The Bertz CT molecular complexity index is 422. The fraction of sp³-hybridized carbons (Fsp3) is 0.286. The summed E-state index contributed by atoms with van der Waals surface area (Å²) in [4.78, 5) is 12.6. The Balaban J connectivity index is 3.57. The van der Waals surface area contributed by atoms with Crippen LogP contribution in [-0.4, -0.2) is 4.98 Å². The summed E-state index contributed by atoms with van der Waals surface area (Å²) < 4.78 is 61.0. The number of anilines is 1. The van der Waals surface area contributed by atoms with E-state index in [0.717, 1.165) is 0 Å². The molecule has 0 bridgehead atoms. The predicted molar refractivity (Wildman–Crippen MR) is 41.4 cm³/mol. The van der Waals surface area contributed by atoms with Gasteiger partial charge in [-0.3, -0.25) is 4.79 Å². The number of pyridine rings is 1. The summed E-state index contributed by atoms with van der Waals surface area (Å²) in [5, 5.41) is 0. The van der Waals surface area contributed by atoms with Gasteiger partial charge in [-0.05, 0) is 0 Å². The molecule has 3 nitrogen and oxygen atoms in total. The van der Waals surface area contributed by atoms with Crippen LogP contribution >= 0.6 is 0 Å².